The van der Waals surface area contributed by atoms with Crippen molar-refractivity contribution in [3.63, 3.8) is 0 Å². The van der Waals surface area contributed by atoms with Crippen LogP contribution in [-0.4, -0.2) is 39.0 Å². The molecule has 3 rings (SSSR count). The third-order valence-corrected chi connectivity index (χ3v) is 6.46. The summed E-state index contributed by atoms with van der Waals surface area (Å²) in [5.74, 6) is 0. The van der Waals surface area contributed by atoms with Crippen LogP contribution in [-0.2, 0) is 21.3 Å². The zero-order valence-corrected chi connectivity index (χ0v) is 15.7. The summed E-state index contributed by atoms with van der Waals surface area (Å²) in [5.41, 5.74) is 1.73. The van der Waals surface area contributed by atoms with Gasteiger partial charge in [0.25, 0.3) is 0 Å². The standard InChI is InChI=1S/C17H18Cl2N2O3S/c18-14-2-1-13(17(19)11-14)12-20-15-3-5-16(6-4-15)25(22,23)21-7-9-24-10-8-21/h1-6,11,20H,7-10,12H2. The van der Waals surface area contributed by atoms with Crippen molar-refractivity contribution in [2.24, 2.45) is 0 Å². The number of rotatable bonds is 5. The lowest BCUT2D eigenvalue weighted by Crippen LogP contribution is -2.40. The number of halogens is 2. The van der Waals surface area contributed by atoms with E-state index < -0.39 is 10.0 Å². The molecule has 2 aromatic carbocycles. The Balaban J connectivity index is 1.67. The second-order valence-corrected chi connectivity index (χ2v) is 8.41. The van der Waals surface area contributed by atoms with Gasteiger partial charge in [-0.15, -0.1) is 0 Å². The number of hydrogen-bond acceptors (Lipinski definition) is 4. The molecule has 1 fully saturated rings. The lowest BCUT2D eigenvalue weighted by molar-refractivity contribution is 0.0730. The molecule has 0 aliphatic carbocycles. The topological polar surface area (TPSA) is 58.6 Å². The van der Waals surface area contributed by atoms with Crippen LogP contribution in [0.3, 0.4) is 0 Å². The fourth-order valence-electron chi connectivity index (χ4n) is 2.54. The summed E-state index contributed by atoms with van der Waals surface area (Å²) in [6.07, 6.45) is 0. The highest BCUT2D eigenvalue weighted by Crippen LogP contribution is 2.23. The van der Waals surface area contributed by atoms with Crippen molar-refractivity contribution in [3.8, 4) is 0 Å². The van der Waals surface area contributed by atoms with Gasteiger partial charge in [0.1, 0.15) is 0 Å². The molecule has 1 heterocycles. The van der Waals surface area contributed by atoms with Crippen LogP contribution >= 0.6 is 23.2 Å². The van der Waals surface area contributed by atoms with E-state index in [1.54, 1.807) is 36.4 Å². The quantitative estimate of drug-likeness (QED) is 0.832. The van der Waals surface area contributed by atoms with E-state index in [1.165, 1.54) is 4.31 Å². The largest absolute Gasteiger partial charge is 0.381 e. The lowest BCUT2D eigenvalue weighted by Gasteiger charge is -2.26. The van der Waals surface area contributed by atoms with Gasteiger partial charge in [-0.3, -0.25) is 0 Å². The molecule has 0 amide bonds. The van der Waals surface area contributed by atoms with Crippen LogP contribution in [0.5, 0.6) is 0 Å². The maximum atomic E-state index is 12.6. The number of sulfonamides is 1. The fourth-order valence-corrected chi connectivity index (χ4v) is 4.43. The molecular formula is C17H18Cl2N2O3S. The molecule has 0 radical (unpaired) electrons. The highest BCUT2D eigenvalue weighted by molar-refractivity contribution is 7.89. The summed E-state index contributed by atoms with van der Waals surface area (Å²) in [7, 11) is -3.47. The van der Waals surface area contributed by atoms with Gasteiger partial charge in [0.2, 0.25) is 10.0 Å². The molecule has 8 heteroatoms. The summed E-state index contributed by atoms with van der Waals surface area (Å²) in [4.78, 5) is 0.282. The molecule has 25 heavy (non-hydrogen) atoms. The van der Waals surface area contributed by atoms with Gasteiger partial charge in [-0.1, -0.05) is 29.3 Å². The Morgan fingerprint density at radius 3 is 2.36 bits per heavy atom. The monoisotopic (exact) mass is 400 g/mol. The summed E-state index contributed by atoms with van der Waals surface area (Å²) < 4.78 is 31.8. The van der Waals surface area contributed by atoms with Gasteiger partial charge in [-0.25, -0.2) is 8.42 Å². The molecule has 1 N–H and O–H groups in total. The molecular weight excluding hydrogens is 383 g/mol. The lowest BCUT2D eigenvalue weighted by atomic mass is 10.2. The van der Waals surface area contributed by atoms with Crippen molar-refractivity contribution in [3.05, 3.63) is 58.1 Å². The van der Waals surface area contributed by atoms with Crippen LogP contribution in [0.4, 0.5) is 5.69 Å². The van der Waals surface area contributed by atoms with E-state index in [9.17, 15) is 8.42 Å². The van der Waals surface area contributed by atoms with Gasteiger partial charge >= 0.3 is 0 Å². The molecule has 0 unspecified atom stereocenters. The van der Waals surface area contributed by atoms with E-state index in [0.717, 1.165) is 11.3 Å². The Morgan fingerprint density at radius 2 is 1.72 bits per heavy atom. The zero-order chi connectivity index (χ0) is 17.9. The van der Waals surface area contributed by atoms with Crippen LogP contribution < -0.4 is 5.32 Å². The summed E-state index contributed by atoms with van der Waals surface area (Å²) >= 11 is 12.0. The van der Waals surface area contributed by atoms with E-state index in [-0.39, 0.29) is 4.90 Å². The van der Waals surface area contributed by atoms with Crippen molar-refractivity contribution in [2.75, 3.05) is 31.6 Å². The van der Waals surface area contributed by atoms with E-state index in [4.69, 9.17) is 27.9 Å². The van der Waals surface area contributed by atoms with E-state index in [0.29, 0.717) is 42.9 Å². The molecule has 1 aliphatic heterocycles. The average Bonchev–Trinajstić information content (AvgIpc) is 2.62. The third kappa shape index (κ3) is 4.46. The predicted molar refractivity (Wildman–Crippen MR) is 99.8 cm³/mol. The first-order valence-corrected chi connectivity index (χ1v) is 10.0. The number of ether oxygens (including phenoxy) is 1. The SMILES string of the molecule is O=S(=O)(c1ccc(NCc2ccc(Cl)cc2Cl)cc1)N1CCOCC1. The fraction of sp³-hybridized carbons (Fsp3) is 0.294. The van der Waals surface area contributed by atoms with Crippen LogP contribution in [0.2, 0.25) is 10.0 Å². The minimum absolute atomic E-state index is 0.282. The third-order valence-electron chi connectivity index (χ3n) is 3.96. The summed E-state index contributed by atoms with van der Waals surface area (Å²) in [5, 5.41) is 4.40. The van der Waals surface area contributed by atoms with Crippen molar-refractivity contribution in [2.45, 2.75) is 11.4 Å². The normalized spacial score (nSPS) is 15.9. The van der Waals surface area contributed by atoms with Gasteiger partial charge in [0, 0.05) is 35.4 Å². The number of anilines is 1. The van der Waals surface area contributed by atoms with Crippen molar-refractivity contribution in [1.82, 2.24) is 4.31 Å². The van der Waals surface area contributed by atoms with Crippen LogP contribution in [0.15, 0.2) is 47.4 Å². The number of hydrogen-bond donors (Lipinski definition) is 1. The van der Waals surface area contributed by atoms with Gasteiger partial charge in [-0.05, 0) is 42.0 Å². The first kappa shape index (κ1) is 18.5. The molecule has 2 aromatic rings. The summed E-state index contributed by atoms with van der Waals surface area (Å²) in [6, 6.07) is 12.0. The first-order valence-electron chi connectivity index (χ1n) is 7.82. The molecule has 0 bridgehead atoms. The second-order valence-electron chi connectivity index (χ2n) is 5.63. The molecule has 1 aliphatic rings. The minimum Gasteiger partial charge on any atom is -0.381 e. The number of nitrogens with one attached hydrogen (secondary N) is 1. The smallest absolute Gasteiger partial charge is 0.243 e. The Bertz CT molecular complexity index is 835. The maximum Gasteiger partial charge on any atom is 0.243 e. The van der Waals surface area contributed by atoms with E-state index >= 15 is 0 Å². The molecule has 0 aromatic heterocycles. The molecule has 1 saturated heterocycles. The molecule has 0 atom stereocenters. The van der Waals surface area contributed by atoms with Gasteiger partial charge < -0.3 is 10.1 Å². The molecule has 5 nitrogen and oxygen atoms in total. The number of nitrogens with zero attached hydrogens (tertiary/aromatic N) is 1. The average molecular weight is 401 g/mol. The van der Waals surface area contributed by atoms with Crippen LogP contribution in [0, 0.1) is 0 Å². The highest BCUT2D eigenvalue weighted by Gasteiger charge is 2.26. The van der Waals surface area contributed by atoms with Gasteiger partial charge in [0.05, 0.1) is 18.1 Å². The zero-order valence-electron chi connectivity index (χ0n) is 13.4. The number of morpholine rings is 1. The van der Waals surface area contributed by atoms with Crippen LogP contribution in [0.1, 0.15) is 5.56 Å². The minimum atomic E-state index is -3.47. The molecule has 0 spiro atoms. The Hall–Kier alpha value is -1.31. The van der Waals surface area contributed by atoms with Crippen LogP contribution in [0.25, 0.3) is 0 Å². The molecule has 0 saturated carbocycles. The number of benzene rings is 2. The van der Waals surface area contributed by atoms with Crippen molar-refractivity contribution >= 4 is 38.9 Å². The Labute approximate surface area is 157 Å². The maximum absolute atomic E-state index is 12.6. The Kier molecular flexibility index (Phi) is 5.86. The first-order chi connectivity index (χ1) is 12.0. The predicted octanol–water partition coefficient (Wildman–Crippen LogP) is 3.63. The second kappa shape index (κ2) is 7.93. The molecule has 134 valence electrons. The summed E-state index contributed by atoms with van der Waals surface area (Å²) in [6.45, 7) is 2.15. The van der Waals surface area contributed by atoms with E-state index in [2.05, 4.69) is 5.32 Å². The highest BCUT2D eigenvalue weighted by atomic mass is 35.5. The van der Waals surface area contributed by atoms with Crippen molar-refractivity contribution < 1.29 is 13.2 Å². The Morgan fingerprint density at radius 1 is 1.04 bits per heavy atom. The van der Waals surface area contributed by atoms with Gasteiger partial charge in [-0.2, -0.15) is 4.31 Å². The van der Waals surface area contributed by atoms with E-state index in [1.807, 2.05) is 6.07 Å². The van der Waals surface area contributed by atoms with Crippen molar-refractivity contribution in [1.29, 1.82) is 0 Å². The van der Waals surface area contributed by atoms with Gasteiger partial charge in [0.15, 0.2) is 0 Å².